The molecule has 0 aromatic heterocycles. The number of benzene rings is 2. The van der Waals surface area contributed by atoms with E-state index < -0.39 is 5.38 Å². The summed E-state index contributed by atoms with van der Waals surface area (Å²) in [6.07, 6.45) is 0. The standard InChI is InChI=1S/C15H12BrCl2FO/c1-8-3-4-10(19)7-11(8)14(18)12-5-9(17)6-13(16)15(12)20-2/h3-7,14H,1-2H3. The molecule has 0 aliphatic heterocycles. The van der Waals surface area contributed by atoms with Crippen LogP contribution >= 0.6 is 39.1 Å². The van der Waals surface area contributed by atoms with E-state index in [1.54, 1.807) is 25.3 Å². The summed E-state index contributed by atoms with van der Waals surface area (Å²) in [5, 5.41) is -0.0111. The summed E-state index contributed by atoms with van der Waals surface area (Å²) in [4.78, 5) is 0. The number of rotatable bonds is 3. The molecule has 0 N–H and O–H groups in total. The molecule has 0 heterocycles. The number of halogens is 4. The zero-order valence-corrected chi connectivity index (χ0v) is 14.0. The van der Waals surface area contributed by atoms with Crippen LogP contribution in [-0.4, -0.2) is 7.11 Å². The van der Waals surface area contributed by atoms with Crippen molar-refractivity contribution in [2.75, 3.05) is 7.11 Å². The van der Waals surface area contributed by atoms with Gasteiger partial charge in [-0.1, -0.05) is 17.7 Å². The van der Waals surface area contributed by atoms with Gasteiger partial charge in [0.05, 0.1) is 17.0 Å². The number of aryl methyl sites for hydroxylation is 1. The van der Waals surface area contributed by atoms with Gasteiger partial charge in [-0.3, -0.25) is 0 Å². The molecular weight excluding hydrogens is 366 g/mol. The Morgan fingerprint density at radius 2 is 1.90 bits per heavy atom. The largest absolute Gasteiger partial charge is 0.495 e. The van der Waals surface area contributed by atoms with Crippen molar-refractivity contribution in [3.63, 3.8) is 0 Å². The number of methoxy groups -OCH3 is 1. The number of hydrogen-bond donors (Lipinski definition) is 0. The summed E-state index contributed by atoms with van der Waals surface area (Å²) in [7, 11) is 1.56. The van der Waals surface area contributed by atoms with Crippen LogP contribution in [0.25, 0.3) is 0 Å². The molecule has 0 fully saturated rings. The third kappa shape index (κ3) is 3.11. The van der Waals surface area contributed by atoms with Gasteiger partial charge in [-0.05, 0) is 58.2 Å². The van der Waals surface area contributed by atoms with Crippen molar-refractivity contribution in [3.8, 4) is 5.75 Å². The van der Waals surface area contributed by atoms with Gasteiger partial charge in [0.15, 0.2) is 0 Å². The first-order chi connectivity index (χ1) is 9.43. The zero-order valence-electron chi connectivity index (χ0n) is 10.9. The predicted octanol–water partition coefficient (Wildman–Crippen LogP) is 5.89. The minimum atomic E-state index is -0.546. The molecule has 2 aromatic carbocycles. The molecule has 1 unspecified atom stereocenters. The minimum absolute atomic E-state index is 0.323. The second-order valence-electron chi connectivity index (χ2n) is 4.37. The molecule has 0 amide bonds. The Morgan fingerprint density at radius 1 is 1.20 bits per heavy atom. The van der Waals surface area contributed by atoms with Gasteiger partial charge in [-0.25, -0.2) is 4.39 Å². The van der Waals surface area contributed by atoms with Crippen LogP contribution in [0.4, 0.5) is 4.39 Å². The molecule has 5 heteroatoms. The van der Waals surface area contributed by atoms with Crippen LogP contribution in [0, 0.1) is 12.7 Å². The fourth-order valence-electron chi connectivity index (χ4n) is 2.04. The van der Waals surface area contributed by atoms with Crippen molar-refractivity contribution in [2.24, 2.45) is 0 Å². The maximum Gasteiger partial charge on any atom is 0.138 e. The van der Waals surface area contributed by atoms with E-state index in [1.165, 1.54) is 12.1 Å². The van der Waals surface area contributed by atoms with E-state index >= 15 is 0 Å². The molecule has 1 nitrogen and oxygen atoms in total. The van der Waals surface area contributed by atoms with E-state index in [9.17, 15) is 4.39 Å². The zero-order chi connectivity index (χ0) is 14.9. The van der Waals surface area contributed by atoms with Gasteiger partial charge in [0.1, 0.15) is 11.6 Å². The maximum atomic E-state index is 13.4. The average Bonchev–Trinajstić information content (AvgIpc) is 2.40. The SMILES string of the molecule is COc1c(Br)cc(Cl)cc1C(Cl)c1cc(F)ccc1C. The summed E-state index contributed by atoms with van der Waals surface area (Å²) in [5.41, 5.74) is 2.30. The summed E-state index contributed by atoms with van der Waals surface area (Å²) in [6, 6.07) is 8.00. The van der Waals surface area contributed by atoms with E-state index in [-0.39, 0.29) is 5.82 Å². The Bertz CT molecular complexity index is 646. The highest BCUT2D eigenvalue weighted by atomic mass is 79.9. The Morgan fingerprint density at radius 3 is 2.55 bits per heavy atom. The average molecular weight is 378 g/mol. The number of hydrogen-bond acceptors (Lipinski definition) is 1. The maximum absolute atomic E-state index is 13.4. The molecule has 2 rings (SSSR count). The van der Waals surface area contributed by atoms with Crippen LogP contribution in [0.3, 0.4) is 0 Å². The van der Waals surface area contributed by atoms with E-state index in [0.29, 0.717) is 26.4 Å². The molecule has 0 radical (unpaired) electrons. The molecule has 2 aromatic rings. The van der Waals surface area contributed by atoms with Crippen molar-refractivity contribution in [3.05, 3.63) is 62.3 Å². The van der Waals surface area contributed by atoms with Gasteiger partial charge >= 0.3 is 0 Å². The fourth-order valence-corrected chi connectivity index (χ4v) is 3.43. The quantitative estimate of drug-likeness (QED) is 0.606. The molecule has 20 heavy (non-hydrogen) atoms. The fraction of sp³-hybridized carbons (Fsp3) is 0.200. The molecule has 106 valence electrons. The van der Waals surface area contributed by atoms with Gasteiger partial charge in [0.2, 0.25) is 0 Å². The number of alkyl halides is 1. The van der Waals surface area contributed by atoms with Crippen LogP contribution in [0.1, 0.15) is 22.1 Å². The lowest BCUT2D eigenvalue weighted by Gasteiger charge is -2.18. The van der Waals surface area contributed by atoms with Crippen LogP contribution in [-0.2, 0) is 0 Å². The summed E-state index contributed by atoms with van der Waals surface area (Å²) >= 11 is 16.0. The lowest BCUT2D eigenvalue weighted by Crippen LogP contribution is -2.01. The van der Waals surface area contributed by atoms with E-state index in [4.69, 9.17) is 27.9 Å². The van der Waals surface area contributed by atoms with E-state index in [1.807, 2.05) is 6.92 Å². The van der Waals surface area contributed by atoms with Gasteiger partial charge in [-0.2, -0.15) is 0 Å². The molecule has 0 spiro atoms. The first kappa shape index (κ1) is 15.6. The summed E-state index contributed by atoms with van der Waals surface area (Å²) in [5.74, 6) is 0.273. The van der Waals surface area contributed by atoms with E-state index in [2.05, 4.69) is 15.9 Å². The van der Waals surface area contributed by atoms with Gasteiger partial charge in [-0.15, -0.1) is 11.6 Å². The number of ether oxygens (including phenoxy) is 1. The molecule has 0 saturated carbocycles. The van der Waals surface area contributed by atoms with Crippen molar-refractivity contribution >= 4 is 39.1 Å². The topological polar surface area (TPSA) is 9.23 Å². The normalized spacial score (nSPS) is 12.3. The predicted molar refractivity (Wildman–Crippen MR) is 84.5 cm³/mol. The van der Waals surface area contributed by atoms with Crippen LogP contribution in [0.2, 0.25) is 5.02 Å². The smallest absolute Gasteiger partial charge is 0.138 e. The first-order valence-electron chi connectivity index (χ1n) is 5.87. The lowest BCUT2D eigenvalue weighted by atomic mass is 9.99. The van der Waals surface area contributed by atoms with E-state index in [0.717, 1.165) is 5.56 Å². The molecule has 0 aliphatic rings. The molecular formula is C15H12BrCl2FO. The van der Waals surface area contributed by atoms with Gasteiger partial charge in [0.25, 0.3) is 0 Å². The monoisotopic (exact) mass is 376 g/mol. The summed E-state index contributed by atoms with van der Waals surface area (Å²) < 4.78 is 19.5. The second kappa shape index (κ2) is 6.33. The minimum Gasteiger partial charge on any atom is -0.495 e. The highest BCUT2D eigenvalue weighted by Gasteiger charge is 2.20. The first-order valence-corrected chi connectivity index (χ1v) is 7.48. The van der Waals surface area contributed by atoms with Crippen LogP contribution in [0.5, 0.6) is 5.75 Å². The highest BCUT2D eigenvalue weighted by Crippen LogP contribution is 2.42. The Hall–Kier alpha value is -0.770. The Kier molecular flexibility index (Phi) is 4.95. The third-order valence-corrected chi connectivity index (χ3v) is 4.31. The molecule has 0 saturated heterocycles. The molecule has 1 atom stereocenters. The summed E-state index contributed by atoms with van der Waals surface area (Å²) in [6.45, 7) is 1.89. The van der Waals surface area contributed by atoms with Crippen LogP contribution in [0.15, 0.2) is 34.8 Å². The molecule has 0 aliphatic carbocycles. The van der Waals surface area contributed by atoms with Crippen LogP contribution < -0.4 is 4.74 Å². The Labute approximate surface area is 135 Å². The van der Waals surface area contributed by atoms with Gasteiger partial charge in [0, 0.05) is 10.6 Å². The Balaban J connectivity index is 2.58. The third-order valence-electron chi connectivity index (χ3n) is 3.03. The lowest BCUT2D eigenvalue weighted by molar-refractivity contribution is 0.407. The van der Waals surface area contributed by atoms with Crippen molar-refractivity contribution < 1.29 is 9.13 Å². The second-order valence-corrected chi connectivity index (χ2v) is 6.10. The van der Waals surface area contributed by atoms with Crippen molar-refractivity contribution in [1.82, 2.24) is 0 Å². The molecule has 0 bridgehead atoms. The van der Waals surface area contributed by atoms with Crippen molar-refractivity contribution in [1.29, 1.82) is 0 Å². The highest BCUT2D eigenvalue weighted by molar-refractivity contribution is 9.10. The van der Waals surface area contributed by atoms with Crippen molar-refractivity contribution in [2.45, 2.75) is 12.3 Å². The van der Waals surface area contributed by atoms with Gasteiger partial charge < -0.3 is 4.74 Å².